The summed E-state index contributed by atoms with van der Waals surface area (Å²) in [6, 6.07) is 0. The SMILES string of the molecule is C/C=C\C(=C/C)ON. The molecule has 0 amide bonds. The first-order valence-corrected chi connectivity index (χ1v) is 2.51. The van der Waals surface area contributed by atoms with Crippen LogP contribution in [0.2, 0.25) is 0 Å². The Morgan fingerprint density at radius 1 is 1.50 bits per heavy atom. The van der Waals surface area contributed by atoms with E-state index in [4.69, 9.17) is 5.90 Å². The molecule has 0 aliphatic rings. The molecule has 0 bridgehead atoms. The van der Waals surface area contributed by atoms with Crippen molar-refractivity contribution in [2.75, 3.05) is 0 Å². The molecule has 0 spiro atoms. The molecule has 2 N–H and O–H groups in total. The fourth-order valence-electron chi connectivity index (χ4n) is 0.368. The van der Waals surface area contributed by atoms with Crippen LogP contribution in [0.15, 0.2) is 24.0 Å². The Kier molecular flexibility index (Phi) is 3.98. The Labute approximate surface area is 49.6 Å². The fraction of sp³-hybridized carbons (Fsp3) is 0.333. The highest BCUT2D eigenvalue weighted by Crippen LogP contribution is 1.92. The highest BCUT2D eigenvalue weighted by molar-refractivity contribution is 5.09. The van der Waals surface area contributed by atoms with Crippen molar-refractivity contribution < 1.29 is 4.84 Å². The topological polar surface area (TPSA) is 35.2 Å². The van der Waals surface area contributed by atoms with Gasteiger partial charge in [0.05, 0.1) is 0 Å². The Balaban J connectivity index is 3.72. The molecule has 0 fully saturated rings. The van der Waals surface area contributed by atoms with E-state index in [1.807, 2.05) is 19.9 Å². The van der Waals surface area contributed by atoms with Crippen LogP contribution in [-0.4, -0.2) is 0 Å². The molecule has 0 aromatic carbocycles. The standard InChI is InChI=1S/C6H11NO/c1-3-5-6(4-2)8-7/h3-5H,7H2,1-2H3/b5-3-,6-4+. The minimum absolute atomic E-state index is 0.688. The first-order valence-electron chi connectivity index (χ1n) is 2.51. The van der Waals surface area contributed by atoms with E-state index in [1.165, 1.54) is 0 Å². The van der Waals surface area contributed by atoms with Gasteiger partial charge in [-0.2, -0.15) is 5.90 Å². The monoisotopic (exact) mass is 113 g/mol. The maximum atomic E-state index is 4.85. The van der Waals surface area contributed by atoms with Crippen molar-refractivity contribution in [3.63, 3.8) is 0 Å². The van der Waals surface area contributed by atoms with Gasteiger partial charge in [-0.15, -0.1) is 0 Å². The van der Waals surface area contributed by atoms with Gasteiger partial charge in [-0.25, -0.2) is 0 Å². The predicted octanol–water partition coefficient (Wildman–Crippen LogP) is 1.36. The van der Waals surface area contributed by atoms with Crippen molar-refractivity contribution >= 4 is 0 Å². The second-order valence-corrected chi connectivity index (χ2v) is 1.31. The van der Waals surface area contributed by atoms with E-state index in [0.29, 0.717) is 5.76 Å². The van der Waals surface area contributed by atoms with E-state index in [-0.39, 0.29) is 0 Å². The summed E-state index contributed by atoms with van der Waals surface area (Å²) >= 11 is 0. The lowest BCUT2D eigenvalue weighted by molar-refractivity contribution is 0.233. The molecule has 0 rings (SSSR count). The van der Waals surface area contributed by atoms with Crippen molar-refractivity contribution in [2.45, 2.75) is 13.8 Å². The summed E-state index contributed by atoms with van der Waals surface area (Å²) in [5.41, 5.74) is 0. The average Bonchev–Trinajstić information content (AvgIpc) is 1.83. The Morgan fingerprint density at radius 2 is 2.12 bits per heavy atom. The van der Waals surface area contributed by atoms with E-state index >= 15 is 0 Å². The molecule has 0 atom stereocenters. The zero-order valence-corrected chi connectivity index (χ0v) is 5.22. The van der Waals surface area contributed by atoms with Crippen LogP contribution >= 0.6 is 0 Å². The summed E-state index contributed by atoms with van der Waals surface area (Å²) in [6.45, 7) is 3.77. The normalized spacial score (nSPS) is 12.6. The van der Waals surface area contributed by atoms with E-state index in [2.05, 4.69) is 4.84 Å². The molecule has 8 heavy (non-hydrogen) atoms. The fourth-order valence-corrected chi connectivity index (χ4v) is 0.368. The van der Waals surface area contributed by atoms with Crippen molar-refractivity contribution in [2.24, 2.45) is 5.90 Å². The summed E-state index contributed by atoms with van der Waals surface area (Å²) in [5.74, 6) is 5.54. The molecule has 0 aromatic heterocycles. The van der Waals surface area contributed by atoms with Gasteiger partial charge in [0.15, 0.2) is 0 Å². The maximum absolute atomic E-state index is 4.85. The van der Waals surface area contributed by atoms with Crippen LogP contribution in [0.1, 0.15) is 13.8 Å². The van der Waals surface area contributed by atoms with Crippen LogP contribution in [0, 0.1) is 0 Å². The van der Waals surface area contributed by atoms with E-state index in [0.717, 1.165) is 0 Å². The molecule has 0 aliphatic heterocycles. The lowest BCUT2D eigenvalue weighted by Gasteiger charge is -1.93. The quantitative estimate of drug-likeness (QED) is 0.333. The lowest BCUT2D eigenvalue weighted by atomic mass is 10.4. The van der Waals surface area contributed by atoms with Crippen molar-refractivity contribution in [3.05, 3.63) is 24.0 Å². The first kappa shape index (κ1) is 7.24. The van der Waals surface area contributed by atoms with Gasteiger partial charge in [0.1, 0.15) is 5.76 Å². The van der Waals surface area contributed by atoms with Crippen LogP contribution in [0.3, 0.4) is 0 Å². The van der Waals surface area contributed by atoms with Gasteiger partial charge >= 0.3 is 0 Å². The van der Waals surface area contributed by atoms with Crippen LogP contribution in [0.25, 0.3) is 0 Å². The average molecular weight is 113 g/mol. The molecule has 0 unspecified atom stereocenters. The third kappa shape index (κ3) is 2.42. The summed E-state index contributed by atoms with van der Waals surface area (Å²) in [4.78, 5) is 4.41. The third-order valence-electron chi connectivity index (χ3n) is 0.752. The van der Waals surface area contributed by atoms with Gasteiger partial charge in [-0.3, -0.25) is 0 Å². The molecule has 0 aliphatic carbocycles. The minimum atomic E-state index is 0.688. The van der Waals surface area contributed by atoms with Crippen LogP contribution in [-0.2, 0) is 4.84 Å². The Morgan fingerprint density at radius 3 is 2.25 bits per heavy atom. The lowest BCUT2D eigenvalue weighted by Crippen LogP contribution is -1.95. The summed E-state index contributed by atoms with van der Waals surface area (Å²) in [5, 5.41) is 0. The molecule has 0 radical (unpaired) electrons. The van der Waals surface area contributed by atoms with Crippen molar-refractivity contribution in [3.8, 4) is 0 Å². The van der Waals surface area contributed by atoms with Crippen LogP contribution < -0.4 is 5.90 Å². The van der Waals surface area contributed by atoms with Gasteiger partial charge < -0.3 is 4.84 Å². The summed E-state index contributed by atoms with van der Waals surface area (Å²) < 4.78 is 0. The van der Waals surface area contributed by atoms with E-state index in [9.17, 15) is 0 Å². The zero-order chi connectivity index (χ0) is 6.41. The molecule has 2 nitrogen and oxygen atoms in total. The molecule has 0 aromatic rings. The smallest absolute Gasteiger partial charge is 0.142 e. The molecular formula is C6H11NO. The number of nitrogens with two attached hydrogens (primary N) is 1. The summed E-state index contributed by atoms with van der Waals surface area (Å²) in [6.07, 6.45) is 5.45. The number of hydrogen-bond acceptors (Lipinski definition) is 2. The van der Waals surface area contributed by atoms with Crippen molar-refractivity contribution in [1.82, 2.24) is 0 Å². The van der Waals surface area contributed by atoms with Gasteiger partial charge in [-0.1, -0.05) is 6.08 Å². The van der Waals surface area contributed by atoms with E-state index in [1.54, 1.807) is 12.2 Å². The van der Waals surface area contributed by atoms with Gasteiger partial charge in [-0.05, 0) is 26.0 Å². The summed E-state index contributed by atoms with van der Waals surface area (Å²) in [7, 11) is 0. The van der Waals surface area contributed by atoms with Crippen LogP contribution in [0.5, 0.6) is 0 Å². The molecular weight excluding hydrogens is 102 g/mol. The zero-order valence-electron chi connectivity index (χ0n) is 5.22. The maximum Gasteiger partial charge on any atom is 0.142 e. The molecule has 0 heterocycles. The van der Waals surface area contributed by atoms with Crippen LogP contribution in [0.4, 0.5) is 0 Å². The highest BCUT2D eigenvalue weighted by atomic mass is 16.6. The van der Waals surface area contributed by atoms with Gasteiger partial charge in [0.2, 0.25) is 0 Å². The Hall–Kier alpha value is -0.760. The Bertz CT molecular complexity index is 102. The largest absolute Gasteiger partial charge is 0.412 e. The van der Waals surface area contributed by atoms with E-state index < -0.39 is 0 Å². The molecule has 2 heteroatoms. The minimum Gasteiger partial charge on any atom is -0.412 e. The second-order valence-electron chi connectivity index (χ2n) is 1.31. The van der Waals surface area contributed by atoms with Gasteiger partial charge in [0, 0.05) is 0 Å². The molecule has 0 saturated heterocycles. The number of allylic oxidation sites excluding steroid dienone is 3. The second kappa shape index (κ2) is 4.40. The van der Waals surface area contributed by atoms with Crippen molar-refractivity contribution in [1.29, 1.82) is 0 Å². The first-order chi connectivity index (χ1) is 3.85. The number of rotatable bonds is 2. The highest BCUT2D eigenvalue weighted by Gasteiger charge is 1.80. The molecule has 46 valence electrons. The number of hydrogen-bond donors (Lipinski definition) is 1. The predicted molar refractivity (Wildman–Crippen MR) is 33.8 cm³/mol. The van der Waals surface area contributed by atoms with Gasteiger partial charge in [0.25, 0.3) is 0 Å². The molecule has 0 saturated carbocycles. The third-order valence-corrected chi connectivity index (χ3v) is 0.752.